The van der Waals surface area contributed by atoms with Crippen molar-refractivity contribution in [1.82, 2.24) is 4.72 Å². The molecule has 1 aliphatic carbocycles. The Balaban J connectivity index is 1.69. The zero-order chi connectivity index (χ0) is 21.9. The van der Waals surface area contributed by atoms with Gasteiger partial charge in [-0.05, 0) is 50.8 Å². The molecule has 0 aromatic heterocycles. The van der Waals surface area contributed by atoms with Crippen LogP contribution in [0.4, 0.5) is 14.5 Å². The maximum Gasteiger partial charge on any atom is 0.345 e. The van der Waals surface area contributed by atoms with Crippen LogP contribution < -0.4 is 10.0 Å². The van der Waals surface area contributed by atoms with Crippen LogP contribution in [0.1, 0.15) is 26.7 Å². The summed E-state index contributed by atoms with van der Waals surface area (Å²) in [6.45, 7) is 1.76. The lowest BCUT2D eigenvalue weighted by Crippen LogP contribution is -2.45. The van der Waals surface area contributed by atoms with Gasteiger partial charge < -0.3 is 19.5 Å². The summed E-state index contributed by atoms with van der Waals surface area (Å²) in [4.78, 5) is 0.0328. The lowest BCUT2D eigenvalue weighted by molar-refractivity contribution is -0.170. The largest absolute Gasteiger partial charge is 0.381 e. The molecule has 7 nitrogen and oxygen atoms in total. The monoisotopic (exact) mass is 512 g/mol. The van der Waals surface area contributed by atoms with Gasteiger partial charge >= 0.3 is 6.61 Å². The molecule has 2 N–H and O–H groups in total. The van der Waals surface area contributed by atoms with E-state index in [1.54, 1.807) is 12.1 Å². The first-order chi connectivity index (χ1) is 14.1. The molecule has 2 fully saturated rings. The molecule has 2 atom stereocenters. The molecule has 0 spiro atoms. The van der Waals surface area contributed by atoms with Crippen LogP contribution in [-0.2, 0) is 24.2 Å². The van der Waals surface area contributed by atoms with Gasteiger partial charge in [0.2, 0.25) is 10.0 Å². The van der Waals surface area contributed by atoms with Gasteiger partial charge in [0.1, 0.15) is 4.90 Å². The minimum Gasteiger partial charge on any atom is -0.381 e. The standard InChI is InChI=1S/C19H27BrF2N2O5S/c1-19(2)11-28-14(9-29-19)8-23-15-7-13(20)5-6-17(15)30(25,26)24-16(12-3-4-12)10-27-18(21)22/h5-7,12,14,16,18,23-24H,3-4,8-11H2,1-2H3. The minimum atomic E-state index is -3.96. The van der Waals surface area contributed by atoms with Crippen molar-refractivity contribution in [2.24, 2.45) is 5.92 Å². The molecule has 1 saturated heterocycles. The van der Waals surface area contributed by atoms with Crippen LogP contribution in [-0.4, -0.2) is 59.1 Å². The third kappa shape index (κ3) is 6.83. The van der Waals surface area contributed by atoms with E-state index in [1.165, 1.54) is 6.07 Å². The van der Waals surface area contributed by atoms with Gasteiger partial charge in [-0.15, -0.1) is 0 Å². The molecular weight excluding hydrogens is 486 g/mol. The average Bonchev–Trinajstić information content (AvgIpc) is 3.49. The zero-order valence-corrected chi connectivity index (χ0v) is 19.3. The van der Waals surface area contributed by atoms with Crippen molar-refractivity contribution in [2.45, 2.75) is 55.9 Å². The van der Waals surface area contributed by atoms with Crippen LogP contribution in [0, 0.1) is 5.92 Å². The Morgan fingerprint density at radius 1 is 1.33 bits per heavy atom. The first-order valence-electron chi connectivity index (χ1n) is 9.77. The summed E-state index contributed by atoms with van der Waals surface area (Å²) in [6, 6.07) is 4.04. The SMILES string of the molecule is CC1(C)COC(CNc2cc(Br)ccc2S(=O)(=O)NC(COC(F)F)C2CC2)CO1. The molecule has 2 unspecified atom stereocenters. The molecule has 1 aliphatic heterocycles. The van der Waals surface area contributed by atoms with E-state index in [0.29, 0.717) is 29.9 Å². The molecule has 1 saturated carbocycles. The van der Waals surface area contributed by atoms with E-state index >= 15 is 0 Å². The van der Waals surface area contributed by atoms with Crippen LogP contribution in [0.5, 0.6) is 0 Å². The first-order valence-corrected chi connectivity index (χ1v) is 12.0. The van der Waals surface area contributed by atoms with Crippen LogP contribution in [0.2, 0.25) is 0 Å². The molecule has 3 rings (SSSR count). The summed E-state index contributed by atoms with van der Waals surface area (Å²) < 4.78 is 70.0. The highest BCUT2D eigenvalue weighted by Crippen LogP contribution is 2.34. The number of hydrogen-bond donors (Lipinski definition) is 2. The minimum absolute atomic E-state index is 0.00141. The highest BCUT2D eigenvalue weighted by molar-refractivity contribution is 9.10. The average molecular weight is 513 g/mol. The van der Waals surface area contributed by atoms with Crippen LogP contribution in [0.25, 0.3) is 0 Å². The summed E-state index contributed by atoms with van der Waals surface area (Å²) in [5, 5.41) is 3.12. The van der Waals surface area contributed by atoms with Gasteiger partial charge in [0, 0.05) is 17.1 Å². The highest BCUT2D eigenvalue weighted by atomic mass is 79.9. The zero-order valence-electron chi connectivity index (χ0n) is 16.9. The molecule has 11 heteroatoms. The molecule has 1 aromatic rings. The molecule has 0 amide bonds. The fraction of sp³-hybridized carbons (Fsp3) is 0.684. The molecule has 170 valence electrons. The van der Waals surface area contributed by atoms with E-state index in [9.17, 15) is 17.2 Å². The first kappa shape index (κ1) is 23.8. The Morgan fingerprint density at radius 2 is 2.07 bits per heavy atom. The quantitative estimate of drug-likeness (QED) is 0.499. The number of sulfonamides is 1. The van der Waals surface area contributed by atoms with Gasteiger partial charge in [0.25, 0.3) is 0 Å². The lowest BCUT2D eigenvalue weighted by atomic mass is 10.1. The summed E-state index contributed by atoms with van der Waals surface area (Å²) in [7, 11) is -3.96. The van der Waals surface area contributed by atoms with Crippen LogP contribution in [0.3, 0.4) is 0 Å². The number of ether oxygens (including phenoxy) is 3. The molecule has 0 bridgehead atoms. The Bertz CT molecular complexity index is 826. The van der Waals surface area contributed by atoms with Crippen molar-refractivity contribution in [3.63, 3.8) is 0 Å². The second-order valence-corrected chi connectivity index (χ2v) is 10.8. The van der Waals surface area contributed by atoms with Crippen molar-refractivity contribution in [1.29, 1.82) is 0 Å². The third-order valence-corrected chi connectivity index (χ3v) is 7.02. The van der Waals surface area contributed by atoms with Crippen molar-refractivity contribution in [2.75, 3.05) is 31.7 Å². The van der Waals surface area contributed by atoms with Crippen molar-refractivity contribution < 1.29 is 31.4 Å². The number of hydrogen-bond acceptors (Lipinski definition) is 6. The summed E-state index contributed by atoms with van der Waals surface area (Å²) in [5.74, 6) is 0.00141. The van der Waals surface area contributed by atoms with Gasteiger partial charge in [-0.2, -0.15) is 8.78 Å². The van der Waals surface area contributed by atoms with E-state index in [0.717, 1.165) is 12.8 Å². The lowest BCUT2D eigenvalue weighted by Gasteiger charge is -2.35. The Hall–Kier alpha value is -0.850. The van der Waals surface area contributed by atoms with Gasteiger partial charge in [0.05, 0.1) is 37.2 Å². The fourth-order valence-electron chi connectivity index (χ4n) is 3.15. The second kappa shape index (κ2) is 9.74. The Morgan fingerprint density at radius 3 is 2.67 bits per heavy atom. The van der Waals surface area contributed by atoms with Crippen LogP contribution >= 0.6 is 15.9 Å². The van der Waals surface area contributed by atoms with E-state index in [1.807, 2.05) is 13.8 Å². The van der Waals surface area contributed by atoms with E-state index in [4.69, 9.17) is 9.47 Å². The maximum atomic E-state index is 13.0. The Labute approximate surface area is 184 Å². The van der Waals surface area contributed by atoms with Crippen molar-refractivity contribution >= 4 is 31.6 Å². The number of alkyl halides is 2. The van der Waals surface area contributed by atoms with Crippen molar-refractivity contribution in [3.05, 3.63) is 22.7 Å². The molecule has 2 aliphatic rings. The smallest absolute Gasteiger partial charge is 0.345 e. The molecular formula is C19H27BrF2N2O5S. The predicted octanol–water partition coefficient (Wildman–Crippen LogP) is 3.35. The number of rotatable bonds is 10. The number of anilines is 1. The number of halogens is 3. The normalized spacial score (nSPS) is 22.8. The molecule has 1 heterocycles. The van der Waals surface area contributed by atoms with Gasteiger partial charge in [0.15, 0.2) is 0 Å². The summed E-state index contributed by atoms with van der Waals surface area (Å²) >= 11 is 3.35. The summed E-state index contributed by atoms with van der Waals surface area (Å²) in [6.07, 6.45) is 1.33. The summed E-state index contributed by atoms with van der Waals surface area (Å²) in [5.41, 5.74) is 0.0395. The number of benzene rings is 1. The van der Waals surface area contributed by atoms with Gasteiger partial charge in [-0.25, -0.2) is 13.1 Å². The maximum absolute atomic E-state index is 13.0. The van der Waals surface area contributed by atoms with Gasteiger partial charge in [-0.3, -0.25) is 0 Å². The number of nitrogens with one attached hydrogen (secondary N) is 2. The fourth-order valence-corrected chi connectivity index (χ4v) is 4.96. The van der Waals surface area contributed by atoms with E-state index < -0.39 is 22.7 Å². The third-order valence-electron chi connectivity index (χ3n) is 4.98. The van der Waals surface area contributed by atoms with E-state index in [-0.39, 0.29) is 29.1 Å². The molecule has 0 radical (unpaired) electrons. The Kier molecular flexibility index (Phi) is 7.73. The second-order valence-electron chi connectivity index (χ2n) is 8.18. The molecule has 30 heavy (non-hydrogen) atoms. The van der Waals surface area contributed by atoms with Crippen LogP contribution in [0.15, 0.2) is 27.6 Å². The molecule has 1 aromatic carbocycles. The highest BCUT2D eigenvalue weighted by Gasteiger charge is 2.36. The van der Waals surface area contributed by atoms with Gasteiger partial charge in [-0.1, -0.05) is 15.9 Å². The van der Waals surface area contributed by atoms with E-state index in [2.05, 4.69) is 30.7 Å². The van der Waals surface area contributed by atoms with Crippen molar-refractivity contribution in [3.8, 4) is 0 Å². The topological polar surface area (TPSA) is 85.9 Å². The predicted molar refractivity (Wildman–Crippen MR) is 111 cm³/mol.